The Kier molecular flexibility index (Phi) is 5.29. The van der Waals surface area contributed by atoms with Crippen LogP contribution in [0.5, 0.6) is 5.75 Å². The third kappa shape index (κ3) is 4.97. The normalized spacial score (nSPS) is 11.6. The summed E-state index contributed by atoms with van der Waals surface area (Å²) in [7, 11) is 0. The largest absolute Gasteiger partial charge is 0.485 e. The summed E-state index contributed by atoms with van der Waals surface area (Å²) in [6.07, 6.45) is 1.13. The van der Waals surface area contributed by atoms with Crippen molar-refractivity contribution in [1.29, 1.82) is 0 Å². The van der Waals surface area contributed by atoms with Crippen molar-refractivity contribution in [3.8, 4) is 5.75 Å². The summed E-state index contributed by atoms with van der Waals surface area (Å²) in [5.74, 6) is 0.751. The van der Waals surface area contributed by atoms with Crippen LogP contribution in [0.2, 0.25) is 5.02 Å². The van der Waals surface area contributed by atoms with Crippen molar-refractivity contribution in [1.82, 2.24) is 5.32 Å². The summed E-state index contributed by atoms with van der Waals surface area (Å²) in [5, 5.41) is 4.03. The van der Waals surface area contributed by atoms with Gasteiger partial charge in [-0.2, -0.15) is 0 Å². The van der Waals surface area contributed by atoms with Crippen molar-refractivity contribution in [3.63, 3.8) is 0 Å². The molecule has 0 atom stereocenters. The third-order valence-electron chi connectivity index (χ3n) is 2.45. The van der Waals surface area contributed by atoms with Gasteiger partial charge in [0.05, 0.1) is 5.02 Å². The monoisotopic (exact) mass is 255 g/mol. The number of rotatable bonds is 6. The van der Waals surface area contributed by atoms with E-state index in [4.69, 9.17) is 16.3 Å². The van der Waals surface area contributed by atoms with Crippen LogP contribution in [0.4, 0.5) is 0 Å². The second-order valence-electron chi connectivity index (χ2n) is 4.97. The van der Waals surface area contributed by atoms with Crippen LogP contribution in [-0.4, -0.2) is 18.7 Å². The van der Waals surface area contributed by atoms with Gasteiger partial charge in [-0.15, -0.1) is 0 Å². The van der Waals surface area contributed by atoms with E-state index in [9.17, 15) is 0 Å². The molecule has 2 nitrogen and oxygen atoms in total. The van der Waals surface area contributed by atoms with Crippen molar-refractivity contribution >= 4 is 11.6 Å². The Morgan fingerprint density at radius 1 is 1.35 bits per heavy atom. The van der Waals surface area contributed by atoms with E-state index in [1.807, 2.05) is 25.1 Å². The number of hydrogen-bond acceptors (Lipinski definition) is 2. The molecule has 3 heteroatoms. The number of halogens is 1. The maximum atomic E-state index is 6.15. The Balaban J connectivity index is 2.62. The van der Waals surface area contributed by atoms with E-state index < -0.39 is 0 Å². The van der Waals surface area contributed by atoms with Crippen LogP contribution in [0.3, 0.4) is 0 Å². The first kappa shape index (κ1) is 14.3. The topological polar surface area (TPSA) is 21.3 Å². The SMILES string of the molecule is CCCNCC(C)(C)Oc1ccc(C)cc1Cl. The highest BCUT2D eigenvalue weighted by molar-refractivity contribution is 6.32. The van der Waals surface area contributed by atoms with Gasteiger partial charge in [0.15, 0.2) is 0 Å². The first-order chi connectivity index (χ1) is 7.94. The van der Waals surface area contributed by atoms with Gasteiger partial charge < -0.3 is 10.1 Å². The lowest BCUT2D eigenvalue weighted by atomic mass is 10.1. The van der Waals surface area contributed by atoms with Crippen molar-refractivity contribution in [2.24, 2.45) is 0 Å². The summed E-state index contributed by atoms with van der Waals surface area (Å²) in [6, 6.07) is 5.86. The molecule has 0 spiro atoms. The van der Waals surface area contributed by atoms with Gasteiger partial charge in [-0.1, -0.05) is 24.6 Å². The third-order valence-corrected chi connectivity index (χ3v) is 2.75. The van der Waals surface area contributed by atoms with E-state index in [0.717, 1.165) is 30.8 Å². The minimum atomic E-state index is -0.256. The molecule has 1 rings (SSSR count). The molecule has 0 aliphatic rings. The molecule has 0 heterocycles. The Hall–Kier alpha value is -0.730. The Labute approximate surface area is 109 Å². The molecule has 0 aliphatic heterocycles. The molecule has 96 valence electrons. The summed E-state index contributed by atoms with van der Waals surface area (Å²) < 4.78 is 5.94. The molecule has 17 heavy (non-hydrogen) atoms. The molecule has 0 aliphatic carbocycles. The van der Waals surface area contributed by atoms with E-state index in [1.54, 1.807) is 0 Å². The van der Waals surface area contributed by atoms with E-state index >= 15 is 0 Å². The molecule has 0 bridgehead atoms. The van der Waals surface area contributed by atoms with Crippen molar-refractivity contribution in [3.05, 3.63) is 28.8 Å². The number of benzene rings is 1. The highest BCUT2D eigenvalue weighted by atomic mass is 35.5. The highest BCUT2D eigenvalue weighted by Gasteiger charge is 2.20. The zero-order chi connectivity index (χ0) is 12.9. The molecule has 0 unspecified atom stereocenters. The summed E-state index contributed by atoms with van der Waals surface area (Å²) >= 11 is 6.15. The molecule has 0 aromatic heterocycles. The van der Waals surface area contributed by atoms with Crippen LogP contribution in [0.25, 0.3) is 0 Å². The van der Waals surface area contributed by atoms with Gasteiger partial charge in [0.1, 0.15) is 11.4 Å². The van der Waals surface area contributed by atoms with Crippen molar-refractivity contribution in [2.45, 2.75) is 39.7 Å². The average Bonchev–Trinajstić information content (AvgIpc) is 2.22. The van der Waals surface area contributed by atoms with Gasteiger partial charge in [0.2, 0.25) is 0 Å². The molecule has 0 saturated heterocycles. The lowest BCUT2D eigenvalue weighted by Gasteiger charge is -2.27. The predicted octanol–water partition coefficient (Wildman–Crippen LogP) is 3.81. The maximum absolute atomic E-state index is 6.15. The fourth-order valence-corrected chi connectivity index (χ4v) is 1.86. The minimum Gasteiger partial charge on any atom is -0.485 e. The Morgan fingerprint density at radius 3 is 2.65 bits per heavy atom. The molecule has 1 aromatic rings. The molecule has 0 saturated carbocycles. The molecule has 0 amide bonds. The molecule has 0 fully saturated rings. The average molecular weight is 256 g/mol. The van der Waals surface area contributed by atoms with E-state index in [0.29, 0.717) is 5.02 Å². The number of aryl methyl sites for hydroxylation is 1. The quantitative estimate of drug-likeness (QED) is 0.781. The summed E-state index contributed by atoms with van der Waals surface area (Å²) in [6.45, 7) is 10.1. The van der Waals surface area contributed by atoms with Crippen LogP contribution in [0.15, 0.2) is 18.2 Å². The number of ether oxygens (including phenoxy) is 1. The van der Waals surface area contributed by atoms with Crippen LogP contribution in [-0.2, 0) is 0 Å². The van der Waals surface area contributed by atoms with E-state index in [-0.39, 0.29) is 5.60 Å². The standard InChI is InChI=1S/C14H22ClNO/c1-5-8-16-10-14(3,4)17-13-7-6-11(2)9-12(13)15/h6-7,9,16H,5,8,10H2,1-4H3. The first-order valence-corrected chi connectivity index (χ1v) is 6.48. The highest BCUT2D eigenvalue weighted by Crippen LogP contribution is 2.28. The van der Waals surface area contributed by atoms with Gasteiger partial charge in [-0.25, -0.2) is 0 Å². The zero-order valence-electron chi connectivity index (χ0n) is 11.1. The Bertz CT molecular complexity index is 363. The fraction of sp³-hybridized carbons (Fsp3) is 0.571. The molecular weight excluding hydrogens is 234 g/mol. The van der Waals surface area contributed by atoms with Crippen LogP contribution >= 0.6 is 11.6 Å². The van der Waals surface area contributed by atoms with Crippen LogP contribution in [0, 0.1) is 6.92 Å². The second kappa shape index (κ2) is 6.27. The predicted molar refractivity (Wildman–Crippen MR) is 74.1 cm³/mol. The van der Waals surface area contributed by atoms with Gasteiger partial charge in [-0.3, -0.25) is 0 Å². The van der Waals surface area contributed by atoms with Crippen molar-refractivity contribution < 1.29 is 4.74 Å². The number of hydrogen-bond donors (Lipinski definition) is 1. The molecule has 0 radical (unpaired) electrons. The fourth-order valence-electron chi connectivity index (χ4n) is 1.59. The van der Waals surface area contributed by atoms with E-state index in [1.165, 1.54) is 0 Å². The van der Waals surface area contributed by atoms with Gasteiger partial charge in [-0.05, 0) is 51.4 Å². The lowest BCUT2D eigenvalue weighted by molar-refractivity contribution is 0.108. The maximum Gasteiger partial charge on any atom is 0.138 e. The summed E-state index contributed by atoms with van der Waals surface area (Å²) in [4.78, 5) is 0. The van der Waals surface area contributed by atoms with Crippen molar-refractivity contribution in [2.75, 3.05) is 13.1 Å². The minimum absolute atomic E-state index is 0.256. The number of nitrogens with one attached hydrogen (secondary N) is 1. The summed E-state index contributed by atoms with van der Waals surface area (Å²) in [5.41, 5.74) is 0.887. The van der Waals surface area contributed by atoms with Crippen LogP contribution in [0.1, 0.15) is 32.8 Å². The first-order valence-electron chi connectivity index (χ1n) is 6.10. The van der Waals surface area contributed by atoms with Gasteiger partial charge >= 0.3 is 0 Å². The van der Waals surface area contributed by atoms with E-state index in [2.05, 4.69) is 26.1 Å². The Morgan fingerprint density at radius 2 is 2.06 bits per heavy atom. The van der Waals surface area contributed by atoms with Gasteiger partial charge in [0, 0.05) is 6.54 Å². The second-order valence-corrected chi connectivity index (χ2v) is 5.38. The zero-order valence-corrected chi connectivity index (χ0v) is 11.9. The molecule has 1 N–H and O–H groups in total. The molecule has 1 aromatic carbocycles. The lowest BCUT2D eigenvalue weighted by Crippen LogP contribution is -2.40. The van der Waals surface area contributed by atoms with Crippen LogP contribution < -0.4 is 10.1 Å². The van der Waals surface area contributed by atoms with Gasteiger partial charge in [0.25, 0.3) is 0 Å². The molecular formula is C14H22ClNO. The smallest absolute Gasteiger partial charge is 0.138 e.